The van der Waals surface area contributed by atoms with Gasteiger partial charge in [-0.2, -0.15) is 0 Å². The van der Waals surface area contributed by atoms with Crippen molar-refractivity contribution in [3.63, 3.8) is 0 Å². The Kier molecular flexibility index (Phi) is 8.40. The summed E-state index contributed by atoms with van der Waals surface area (Å²) in [4.78, 5) is 0. The van der Waals surface area contributed by atoms with Crippen LogP contribution >= 0.6 is 0 Å². The van der Waals surface area contributed by atoms with Gasteiger partial charge in [0.1, 0.15) is 0 Å². The van der Waals surface area contributed by atoms with E-state index in [0.29, 0.717) is 0 Å². The summed E-state index contributed by atoms with van der Waals surface area (Å²) in [5.74, 6) is 0. The van der Waals surface area contributed by atoms with Crippen LogP contribution in [0, 0.1) is 0 Å². The van der Waals surface area contributed by atoms with E-state index in [-0.39, 0.29) is 0 Å². The van der Waals surface area contributed by atoms with E-state index < -0.39 is 8.07 Å². The number of hydrogen-bond donors (Lipinski definition) is 0. The van der Waals surface area contributed by atoms with Gasteiger partial charge in [0.05, 0.1) is 8.07 Å². The fourth-order valence-electron chi connectivity index (χ4n) is 7.39. The minimum absolute atomic E-state index is 1.14. The van der Waals surface area contributed by atoms with Gasteiger partial charge in [0.25, 0.3) is 0 Å². The van der Waals surface area contributed by atoms with Crippen LogP contribution in [0.3, 0.4) is 0 Å². The molecule has 146 valence electrons. The average Bonchev–Trinajstić information content (AvgIpc) is 2.70. The third-order valence-electron chi connectivity index (χ3n) is 8.56. The van der Waals surface area contributed by atoms with Gasteiger partial charge in [-0.15, -0.1) is 0 Å². The molecule has 0 amide bonds. The molecule has 0 aromatic heterocycles. The highest BCUT2D eigenvalue weighted by molar-refractivity contribution is 6.84. The van der Waals surface area contributed by atoms with Crippen LogP contribution < -0.4 is 0 Å². The topological polar surface area (TPSA) is 0 Å². The lowest BCUT2D eigenvalue weighted by atomic mass is 9.98. The molecule has 3 aliphatic rings. The molecule has 0 bridgehead atoms. The van der Waals surface area contributed by atoms with Gasteiger partial charge in [-0.1, -0.05) is 135 Å². The molecule has 3 rings (SSSR count). The Labute approximate surface area is 159 Å². The molecule has 0 nitrogen and oxygen atoms in total. The molecule has 3 aliphatic carbocycles. The molecule has 25 heavy (non-hydrogen) atoms. The van der Waals surface area contributed by atoms with Gasteiger partial charge in [0.15, 0.2) is 0 Å². The maximum Gasteiger partial charge on any atom is 0.0629 e. The van der Waals surface area contributed by atoms with Crippen molar-refractivity contribution in [2.45, 2.75) is 152 Å². The monoisotopic (exact) mass is 362 g/mol. The van der Waals surface area contributed by atoms with Crippen molar-refractivity contribution in [2.75, 3.05) is 0 Å². The third-order valence-corrected chi connectivity index (χ3v) is 16.1. The highest BCUT2D eigenvalue weighted by Crippen LogP contribution is 2.59. The van der Waals surface area contributed by atoms with Gasteiger partial charge in [0, 0.05) is 0 Å². The Bertz CT molecular complexity index is 300. The Morgan fingerprint density at radius 2 is 0.920 bits per heavy atom. The summed E-state index contributed by atoms with van der Waals surface area (Å²) in [7, 11) is -1.14. The molecule has 0 N–H and O–H groups in total. The average molecular weight is 363 g/mol. The van der Waals surface area contributed by atoms with Crippen molar-refractivity contribution >= 4 is 8.07 Å². The lowest BCUT2D eigenvalue weighted by molar-refractivity contribution is 0.411. The Morgan fingerprint density at radius 3 is 1.28 bits per heavy atom. The zero-order valence-electron chi connectivity index (χ0n) is 17.4. The number of rotatable bonds is 8. The summed E-state index contributed by atoms with van der Waals surface area (Å²) in [5, 5.41) is 0. The predicted octanol–water partition coefficient (Wildman–Crippen LogP) is 9.02. The van der Waals surface area contributed by atoms with E-state index >= 15 is 0 Å². The summed E-state index contributed by atoms with van der Waals surface area (Å²) < 4.78 is 0. The van der Waals surface area contributed by atoms with Gasteiger partial charge in [-0.05, 0) is 16.6 Å². The molecular formula is C24H46Si. The molecule has 0 spiro atoms. The van der Waals surface area contributed by atoms with Crippen molar-refractivity contribution in [2.24, 2.45) is 0 Å². The fraction of sp³-hybridized carbons (Fsp3) is 1.00. The van der Waals surface area contributed by atoms with Gasteiger partial charge >= 0.3 is 0 Å². The van der Waals surface area contributed by atoms with Crippen LogP contribution in [0.2, 0.25) is 22.7 Å². The second-order valence-corrected chi connectivity index (χ2v) is 15.1. The summed E-state index contributed by atoms with van der Waals surface area (Å²) in [5.41, 5.74) is 3.69. The lowest BCUT2D eigenvalue weighted by Crippen LogP contribution is -2.51. The molecule has 0 atom stereocenters. The second-order valence-electron chi connectivity index (χ2n) is 9.93. The number of hydrogen-bond acceptors (Lipinski definition) is 0. The van der Waals surface area contributed by atoms with E-state index in [2.05, 4.69) is 6.92 Å². The first-order valence-corrected chi connectivity index (χ1v) is 14.8. The van der Waals surface area contributed by atoms with Crippen molar-refractivity contribution in [3.05, 3.63) is 0 Å². The highest BCUT2D eigenvalue weighted by Gasteiger charge is 2.51. The Morgan fingerprint density at radius 1 is 0.520 bits per heavy atom. The molecule has 0 radical (unpaired) electrons. The normalized spacial score (nSPS) is 25.3. The van der Waals surface area contributed by atoms with E-state index in [1.54, 1.807) is 109 Å². The van der Waals surface area contributed by atoms with Crippen molar-refractivity contribution in [3.8, 4) is 0 Å². The Balaban J connectivity index is 1.82. The van der Waals surface area contributed by atoms with Crippen molar-refractivity contribution < 1.29 is 0 Å². The largest absolute Gasteiger partial charge is 0.0654 e. The third kappa shape index (κ3) is 4.93. The maximum absolute atomic E-state index is 2.38. The molecular weight excluding hydrogens is 316 g/mol. The van der Waals surface area contributed by atoms with Crippen LogP contribution in [-0.4, -0.2) is 8.07 Å². The van der Waals surface area contributed by atoms with Gasteiger partial charge in [-0.3, -0.25) is 0 Å². The minimum Gasteiger partial charge on any atom is -0.0654 e. The molecule has 0 unspecified atom stereocenters. The van der Waals surface area contributed by atoms with E-state index in [9.17, 15) is 0 Å². The summed E-state index contributed by atoms with van der Waals surface area (Å²) in [6.45, 7) is 2.38. The molecule has 0 aliphatic heterocycles. The van der Waals surface area contributed by atoms with Crippen LogP contribution in [0.4, 0.5) is 0 Å². The first kappa shape index (κ1) is 20.0. The predicted molar refractivity (Wildman–Crippen MR) is 115 cm³/mol. The number of unbranched alkanes of at least 4 members (excludes halogenated alkanes) is 3. The van der Waals surface area contributed by atoms with Gasteiger partial charge in [0.2, 0.25) is 0 Å². The summed E-state index contributed by atoms with van der Waals surface area (Å²) in [6, 6.07) is 1.74. The molecule has 0 heterocycles. The standard InChI is InChI=1S/C24H46Si/c1-2-3-4-14-21-25(22-15-8-5-9-16-22,23-17-10-6-11-18-23)24-19-12-7-13-20-24/h22-24H,2-21H2,1H3. The smallest absolute Gasteiger partial charge is 0.0629 e. The summed E-state index contributed by atoms with van der Waals surface area (Å²) in [6.07, 6.45) is 30.0. The van der Waals surface area contributed by atoms with Gasteiger partial charge < -0.3 is 0 Å². The molecule has 3 fully saturated rings. The zero-order valence-corrected chi connectivity index (χ0v) is 18.4. The van der Waals surface area contributed by atoms with Crippen LogP contribution in [0.25, 0.3) is 0 Å². The van der Waals surface area contributed by atoms with Crippen molar-refractivity contribution in [1.82, 2.24) is 0 Å². The second kappa shape index (κ2) is 10.5. The van der Waals surface area contributed by atoms with Crippen molar-refractivity contribution in [1.29, 1.82) is 0 Å². The van der Waals surface area contributed by atoms with E-state index in [0.717, 1.165) is 0 Å². The first-order valence-electron chi connectivity index (χ1n) is 12.4. The first-order chi connectivity index (χ1) is 12.4. The molecule has 0 aromatic rings. The van der Waals surface area contributed by atoms with Crippen LogP contribution in [0.15, 0.2) is 0 Å². The lowest BCUT2D eigenvalue weighted by Gasteiger charge is -2.54. The van der Waals surface area contributed by atoms with Crippen LogP contribution in [-0.2, 0) is 0 Å². The summed E-state index contributed by atoms with van der Waals surface area (Å²) >= 11 is 0. The molecule has 3 saturated carbocycles. The quantitative estimate of drug-likeness (QED) is 0.298. The van der Waals surface area contributed by atoms with Gasteiger partial charge in [-0.25, -0.2) is 0 Å². The van der Waals surface area contributed by atoms with E-state index in [4.69, 9.17) is 0 Å². The minimum atomic E-state index is -1.14. The Hall–Kier alpha value is 0.217. The highest BCUT2D eigenvalue weighted by atomic mass is 28.3. The van der Waals surface area contributed by atoms with E-state index in [1.165, 1.54) is 35.9 Å². The zero-order chi connectivity index (χ0) is 17.4. The molecule has 1 heteroatoms. The van der Waals surface area contributed by atoms with E-state index in [1.807, 2.05) is 0 Å². The molecule has 0 aromatic carbocycles. The van der Waals surface area contributed by atoms with Crippen LogP contribution in [0.1, 0.15) is 129 Å². The molecule has 0 saturated heterocycles. The fourth-order valence-corrected chi connectivity index (χ4v) is 15.9. The SMILES string of the molecule is CCCCCC[Si](C1CCCCC1)(C1CCCCC1)C1CCCCC1. The maximum atomic E-state index is 2.38. The van der Waals surface area contributed by atoms with Crippen LogP contribution in [0.5, 0.6) is 0 Å².